The second-order valence-electron chi connectivity index (χ2n) is 5.25. The van der Waals surface area contributed by atoms with Gasteiger partial charge in [-0.1, -0.05) is 30.4 Å². The van der Waals surface area contributed by atoms with Crippen molar-refractivity contribution in [2.45, 2.75) is 20.8 Å². The Morgan fingerprint density at radius 1 is 1.22 bits per heavy atom. The number of nitrogens with two attached hydrogens (primary N) is 1. The predicted molar refractivity (Wildman–Crippen MR) is 110 cm³/mol. The average Bonchev–Trinajstić information content (AvgIpc) is 2.87. The maximum Gasteiger partial charge on any atom is 0.111 e. The van der Waals surface area contributed by atoms with Crippen LogP contribution < -0.4 is 11.1 Å². The summed E-state index contributed by atoms with van der Waals surface area (Å²) in [6.07, 6.45) is 10.3. The van der Waals surface area contributed by atoms with E-state index in [2.05, 4.69) is 58.0 Å². The van der Waals surface area contributed by atoms with Crippen LogP contribution in [0.2, 0.25) is 0 Å². The predicted octanol–water partition coefficient (Wildman–Crippen LogP) is 5.79. The van der Waals surface area contributed by atoms with Gasteiger partial charge in [0, 0.05) is 9.26 Å². The average molecular weight is 419 g/mol. The molecule has 0 radical (unpaired) electrons. The minimum absolute atomic E-state index is 0.741. The fourth-order valence-electron chi connectivity index (χ4n) is 2.24. The van der Waals surface area contributed by atoms with Crippen molar-refractivity contribution in [2.24, 2.45) is 0 Å². The van der Waals surface area contributed by atoms with Crippen LogP contribution in [0, 0.1) is 10.5 Å². The molecule has 0 atom stereocenters. The molecule has 0 aliphatic heterocycles. The molecule has 23 heavy (non-hydrogen) atoms. The molecule has 0 bridgehead atoms. The van der Waals surface area contributed by atoms with Crippen LogP contribution in [0.25, 0.3) is 5.57 Å². The molecule has 120 valence electrons. The van der Waals surface area contributed by atoms with E-state index in [1.807, 2.05) is 50.3 Å². The Morgan fingerprint density at radius 2 is 2.00 bits per heavy atom. The van der Waals surface area contributed by atoms with E-state index in [1.165, 1.54) is 0 Å². The molecule has 0 fully saturated rings. The van der Waals surface area contributed by atoms with Crippen LogP contribution in [-0.2, 0) is 0 Å². The minimum atomic E-state index is 0.741. The van der Waals surface area contributed by atoms with Crippen LogP contribution in [0.15, 0.2) is 54.6 Å². The van der Waals surface area contributed by atoms with Gasteiger partial charge in [-0.3, -0.25) is 0 Å². The number of allylic oxidation sites excluding steroid dienone is 6. The molecule has 0 aliphatic rings. The number of H-pyrrole nitrogens is 1. The number of aromatic nitrogens is 1. The summed E-state index contributed by atoms with van der Waals surface area (Å²) in [5.41, 5.74) is 11.1. The maximum atomic E-state index is 6.09. The van der Waals surface area contributed by atoms with E-state index in [9.17, 15) is 0 Å². The third-order valence-electron chi connectivity index (χ3n) is 3.41. The van der Waals surface area contributed by atoms with Crippen molar-refractivity contribution in [1.82, 2.24) is 4.98 Å². The van der Waals surface area contributed by atoms with Crippen LogP contribution in [0.1, 0.15) is 25.1 Å². The Balaban J connectivity index is 2.33. The summed E-state index contributed by atoms with van der Waals surface area (Å²) in [4.78, 5) is 3.44. The van der Waals surface area contributed by atoms with Gasteiger partial charge in [0.1, 0.15) is 5.82 Å². The Labute approximate surface area is 151 Å². The number of aromatic amines is 1. The van der Waals surface area contributed by atoms with E-state index < -0.39 is 0 Å². The van der Waals surface area contributed by atoms with E-state index in [1.54, 1.807) is 0 Å². The maximum absolute atomic E-state index is 6.09. The number of hydrogen-bond donors (Lipinski definition) is 3. The fourth-order valence-corrected chi connectivity index (χ4v) is 2.76. The topological polar surface area (TPSA) is 53.8 Å². The SMILES string of the molecule is C\C=C/C=C(\C=C/C)c1cc(C)c(Nc2ccc(I)cc2N)[nH]1. The van der Waals surface area contributed by atoms with E-state index in [0.717, 1.165) is 37.6 Å². The Morgan fingerprint density at radius 3 is 2.65 bits per heavy atom. The van der Waals surface area contributed by atoms with E-state index >= 15 is 0 Å². The smallest absolute Gasteiger partial charge is 0.111 e. The standard InChI is InChI=1S/C19H22IN3/c1-4-6-8-14(7-5-2)18-11-13(3)19(23-18)22-17-10-9-15(20)12-16(17)21/h4-12,22-23H,21H2,1-3H3/b6-4-,7-5-,14-8+. The quantitative estimate of drug-likeness (QED) is 0.327. The lowest BCUT2D eigenvalue weighted by molar-refractivity contribution is 1.32. The van der Waals surface area contributed by atoms with Crippen molar-refractivity contribution in [3.63, 3.8) is 0 Å². The van der Waals surface area contributed by atoms with Crippen molar-refractivity contribution in [1.29, 1.82) is 0 Å². The highest BCUT2D eigenvalue weighted by atomic mass is 127. The summed E-state index contributed by atoms with van der Waals surface area (Å²) in [5.74, 6) is 0.962. The molecule has 0 aliphatic carbocycles. The number of nitrogens with one attached hydrogen (secondary N) is 2. The molecule has 1 aromatic carbocycles. The van der Waals surface area contributed by atoms with Gasteiger partial charge in [-0.15, -0.1) is 0 Å². The van der Waals surface area contributed by atoms with Gasteiger partial charge < -0.3 is 16.0 Å². The highest BCUT2D eigenvalue weighted by molar-refractivity contribution is 14.1. The molecule has 1 aromatic heterocycles. The Bertz CT molecular complexity index is 767. The number of halogens is 1. The number of benzene rings is 1. The lowest BCUT2D eigenvalue weighted by atomic mass is 10.1. The second kappa shape index (κ2) is 8.06. The first-order valence-electron chi connectivity index (χ1n) is 7.53. The van der Waals surface area contributed by atoms with Crippen LogP contribution >= 0.6 is 22.6 Å². The van der Waals surface area contributed by atoms with Gasteiger partial charge in [0.2, 0.25) is 0 Å². The number of nitrogen functional groups attached to an aromatic ring is 1. The fraction of sp³-hybridized carbons (Fsp3) is 0.158. The second-order valence-corrected chi connectivity index (χ2v) is 6.49. The van der Waals surface area contributed by atoms with Gasteiger partial charge in [-0.2, -0.15) is 0 Å². The van der Waals surface area contributed by atoms with Crippen LogP contribution in [0.4, 0.5) is 17.2 Å². The summed E-state index contributed by atoms with van der Waals surface area (Å²) < 4.78 is 1.12. The van der Waals surface area contributed by atoms with Crippen molar-refractivity contribution in [3.05, 3.63) is 69.5 Å². The zero-order chi connectivity index (χ0) is 16.8. The van der Waals surface area contributed by atoms with Gasteiger partial charge in [0.15, 0.2) is 0 Å². The lowest BCUT2D eigenvalue weighted by Gasteiger charge is -2.09. The van der Waals surface area contributed by atoms with Gasteiger partial charge in [-0.05, 0) is 78.8 Å². The summed E-state index contributed by atoms with van der Waals surface area (Å²) in [6, 6.07) is 8.13. The first-order chi connectivity index (χ1) is 11.0. The normalized spacial score (nSPS) is 12.4. The molecule has 3 nitrogen and oxygen atoms in total. The molecule has 2 aromatic rings. The minimum Gasteiger partial charge on any atom is -0.397 e. The van der Waals surface area contributed by atoms with E-state index in [0.29, 0.717) is 0 Å². The van der Waals surface area contributed by atoms with Crippen molar-refractivity contribution in [3.8, 4) is 0 Å². The third kappa shape index (κ3) is 4.51. The molecule has 2 rings (SSSR count). The van der Waals surface area contributed by atoms with Crippen molar-refractivity contribution < 1.29 is 0 Å². The van der Waals surface area contributed by atoms with Crippen LogP contribution in [-0.4, -0.2) is 4.98 Å². The van der Waals surface area contributed by atoms with Crippen molar-refractivity contribution in [2.75, 3.05) is 11.1 Å². The molecule has 0 saturated heterocycles. The Kier molecular flexibility index (Phi) is 6.10. The van der Waals surface area contributed by atoms with Gasteiger partial charge >= 0.3 is 0 Å². The first-order valence-corrected chi connectivity index (χ1v) is 8.60. The highest BCUT2D eigenvalue weighted by Gasteiger charge is 2.08. The highest BCUT2D eigenvalue weighted by Crippen LogP contribution is 2.28. The molecule has 4 heteroatoms. The van der Waals surface area contributed by atoms with Gasteiger partial charge in [-0.25, -0.2) is 0 Å². The largest absolute Gasteiger partial charge is 0.397 e. The third-order valence-corrected chi connectivity index (χ3v) is 4.08. The molecule has 0 spiro atoms. The monoisotopic (exact) mass is 419 g/mol. The summed E-state index contributed by atoms with van der Waals surface area (Å²) >= 11 is 2.26. The number of anilines is 3. The lowest BCUT2D eigenvalue weighted by Crippen LogP contribution is -1.98. The molecular weight excluding hydrogens is 397 g/mol. The number of rotatable bonds is 5. The first kappa shape index (κ1) is 17.4. The molecule has 0 unspecified atom stereocenters. The Hall–Kier alpha value is -1.95. The summed E-state index contributed by atoms with van der Waals surface area (Å²) in [7, 11) is 0. The van der Waals surface area contributed by atoms with E-state index in [-0.39, 0.29) is 0 Å². The molecule has 0 saturated carbocycles. The summed E-state index contributed by atoms with van der Waals surface area (Å²) in [5, 5.41) is 3.39. The molecule has 4 N–H and O–H groups in total. The van der Waals surface area contributed by atoms with Gasteiger partial charge in [0.05, 0.1) is 11.4 Å². The zero-order valence-electron chi connectivity index (χ0n) is 13.7. The van der Waals surface area contributed by atoms with Crippen LogP contribution in [0.5, 0.6) is 0 Å². The van der Waals surface area contributed by atoms with E-state index in [4.69, 9.17) is 5.73 Å². The molecule has 1 heterocycles. The number of hydrogen-bond acceptors (Lipinski definition) is 2. The van der Waals surface area contributed by atoms with Gasteiger partial charge in [0.25, 0.3) is 0 Å². The van der Waals surface area contributed by atoms with Crippen LogP contribution in [0.3, 0.4) is 0 Å². The number of aryl methyl sites for hydroxylation is 1. The molecular formula is C19H22IN3. The zero-order valence-corrected chi connectivity index (χ0v) is 15.8. The van der Waals surface area contributed by atoms with Crippen molar-refractivity contribution >= 4 is 45.4 Å². The molecule has 0 amide bonds. The summed E-state index contributed by atoms with van der Waals surface area (Å²) in [6.45, 7) is 6.11.